The van der Waals surface area contributed by atoms with Crippen molar-refractivity contribution in [2.75, 3.05) is 32.4 Å². The highest BCUT2D eigenvalue weighted by Gasteiger charge is 2.61. The van der Waals surface area contributed by atoms with Crippen LogP contribution in [0.25, 0.3) is 0 Å². The van der Waals surface area contributed by atoms with Crippen molar-refractivity contribution in [3.05, 3.63) is 0 Å². The second-order valence-electron chi connectivity index (χ2n) is 4.78. The van der Waals surface area contributed by atoms with Gasteiger partial charge >= 0.3 is 6.18 Å². The third-order valence-corrected chi connectivity index (χ3v) is 3.86. The Morgan fingerprint density at radius 3 is 2.45 bits per heavy atom. The number of carbonyl (C=O) groups excluding carboxylic acids is 1. The number of halogens is 3. The van der Waals surface area contributed by atoms with Crippen molar-refractivity contribution >= 4 is 15.9 Å². The van der Waals surface area contributed by atoms with Crippen LogP contribution in [0, 0.1) is 5.41 Å². The molecule has 1 aliphatic heterocycles. The van der Waals surface area contributed by atoms with Crippen LogP contribution >= 0.6 is 0 Å². The lowest BCUT2D eigenvalue weighted by Gasteiger charge is -2.29. The van der Waals surface area contributed by atoms with Crippen LogP contribution in [0.1, 0.15) is 12.8 Å². The van der Waals surface area contributed by atoms with Gasteiger partial charge in [-0.1, -0.05) is 0 Å². The molecule has 1 rings (SSSR count). The van der Waals surface area contributed by atoms with Crippen molar-refractivity contribution in [3.8, 4) is 0 Å². The molecule has 1 heterocycles. The minimum atomic E-state index is -4.61. The van der Waals surface area contributed by atoms with Gasteiger partial charge in [0.05, 0.1) is 6.26 Å². The van der Waals surface area contributed by atoms with E-state index in [0.29, 0.717) is 0 Å². The third-order valence-electron chi connectivity index (χ3n) is 3.14. The number of amides is 1. The van der Waals surface area contributed by atoms with Crippen molar-refractivity contribution < 1.29 is 26.4 Å². The molecule has 0 spiro atoms. The molecule has 0 aromatic heterocycles. The number of alkyl halides is 3. The topological polar surface area (TPSA) is 87.3 Å². The fourth-order valence-corrected chi connectivity index (χ4v) is 2.49. The molecule has 0 aromatic carbocycles. The summed E-state index contributed by atoms with van der Waals surface area (Å²) in [6.45, 7) is -0.234. The predicted octanol–water partition coefficient (Wildman–Crippen LogP) is -0.416. The maximum absolute atomic E-state index is 13.0. The van der Waals surface area contributed by atoms with Crippen molar-refractivity contribution in [1.29, 1.82) is 0 Å². The average Bonchev–Trinajstić information content (AvgIpc) is 2.76. The lowest BCUT2D eigenvalue weighted by atomic mass is 9.85. The van der Waals surface area contributed by atoms with E-state index in [1.54, 1.807) is 0 Å². The SMILES string of the molecule is CS(=O)(=O)NCCCNC(=O)C1(C(F)(F)F)CCNC1. The summed E-state index contributed by atoms with van der Waals surface area (Å²) >= 11 is 0. The fraction of sp³-hybridized carbons (Fsp3) is 0.900. The molecule has 0 saturated carbocycles. The van der Waals surface area contributed by atoms with E-state index >= 15 is 0 Å². The summed E-state index contributed by atoms with van der Waals surface area (Å²) in [6.07, 6.45) is -3.69. The fourth-order valence-electron chi connectivity index (χ4n) is 1.97. The zero-order valence-corrected chi connectivity index (χ0v) is 11.8. The first-order valence-electron chi connectivity index (χ1n) is 6.09. The van der Waals surface area contributed by atoms with Crippen molar-refractivity contribution in [2.45, 2.75) is 19.0 Å². The highest BCUT2D eigenvalue weighted by Crippen LogP contribution is 2.43. The van der Waals surface area contributed by atoms with Gasteiger partial charge in [0, 0.05) is 19.6 Å². The summed E-state index contributed by atoms with van der Waals surface area (Å²) < 4.78 is 62.7. The molecular formula is C10H18F3N3O3S. The van der Waals surface area contributed by atoms with Gasteiger partial charge in [-0.05, 0) is 19.4 Å². The standard InChI is InChI=1S/C10H18F3N3O3S/c1-20(18,19)16-5-2-4-15-8(17)9(10(11,12)13)3-6-14-7-9/h14,16H,2-7H2,1H3,(H,15,17). The molecule has 1 amide bonds. The molecule has 0 radical (unpaired) electrons. The van der Waals surface area contributed by atoms with Crippen LogP contribution in [0.5, 0.6) is 0 Å². The smallest absolute Gasteiger partial charge is 0.355 e. The Balaban J connectivity index is 2.45. The van der Waals surface area contributed by atoms with Crippen LogP contribution in [-0.4, -0.2) is 52.9 Å². The largest absolute Gasteiger partial charge is 0.404 e. The van der Waals surface area contributed by atoms with Crippen LogP contribution in [0.15, 0.2) is 0 Å². The zero-order chi connectivity index (χ0) is 15.4. The lowest BCUT2D eigenvalue weighted by Crippen LogP contribution is -2.52. The first-order chi connectivity index (χ1) is 9.08. The Hall–Kier alpha value is -0.870. The van der Waals surface area contributed by atoms with Gasteiger partial charge in [0.1, 0.15) is 0 Å². The van der Waals surface area contributed by atoms with Crippen molar-refractivity contribution in [1.82, 2.24) is 15.4 Å². The molecule has 6 nitrogen and oxygen atoms in total. The molecule has 1 aliphatic rings. The summed E-state index contributed by atoms with van der Waals surface area (Å²) in [5.74, 6) is -1.06. The van der Waals surface area contributed by atoms with Gasteiger partial charge < -0.3 is 10.6 Å². The Morgan fingerprint density at radius 1 is 1.35 bits per heavy atom. The van der Waals surface area contributed by atoms with E-state index in [1.807, 2.05) is 0 Å². The minimum absolute atomic E-state index is 0.0147. The minimum Gasteiger partial charge on any atom is -0.355 e. The monoisotopic (exact) mass is 317 g/mol. The maximum Gasteiger partial charge on any atom is 0.404 e. The van der Waals surface area contributed by atoms with Crippen molar-refractivity contribution in [2.24, 2.45) is 5.41 Å². The van der Waals surface area contributed by atoms with E-state index in [-0.39, 0.29) is 32.5 Å². The van der Waals surface area contributed by atoms with Crippen LogP contribution < -0.4 is 15.4 Å². The van der Waals surface area contributed by atoms with E-state index in [1.165, 1.54) is 0 Å². The van der Waals surface area contributed by atoms with Gasteiger partial charge in [0.15, 0.2) is 5.41 Å². The highest BCUT2D eigenvalue weighted by molar-refractivity contribution is 7.88. The van der Waals surface area contributed by atoms with Gasteiger partial charge in [-0.2, -0.15) is 13.2 Å². The molecular weight excluding hydrogens is 299 g/mol. The van der Waals surface area contributed by atoms with Gasteiger partial charge in [0.2, 0.25) is 15.9 Å². The maximum atomic E-state index is 13.0. The number of rotatable bonds is 6. The Morgan fingerprint density at radius 2 is 2.00 bits per heavy atom. The normalized spacial score (nSPS) is 23.8. The molecule has 1 saturated heterocycles. The molecule has 1 unspecified atom stereocenters. The van der Waals surface area contributed by atoms with E-state index in [4.69, 9.17) is 0 Å². The molecule has 0 aliphatic carbocycles. The Kier molecular flexibility index (Phi) is 5.39. The van der Waals surface area contributed by atoms with Gasteiger partial charge in [-0.3, -0.25) is 4.79 Å². The first kappa shape index (κ1) is 17.2. The van der Waals surface area contributed by atoms with Crippen LogP contribution in [0.4, 0.5) is 13.2 Å². The van der Waals surface area contributed by atoms with E-state index in [2.05, 4.69) is 15.4 Å². The van der Waals surface area contributed by atoms with E-state index in [9.17, 15) is 26.4 Å². The first-order valence-corrected chi connectivity index (χ1v) is 7.98. The second-order valence-corrected chi connectivity index (χ2v) is 6.62. The van der Waals surface area contributed by atoms with Gasteiger partial charge in [0.25, 0.3) is 0 Å². The zero-order valence-electron chi connectivity index (χ0n) is 11.0. The Bertz CT molecular complexity index is 444. The number of nitrogens with one attached hydrogen (secondary N) is 3. The molecule has 10 heteroatoms. The third kappa shape index (κ3) is 4.32. The number of hydrogen-bond acceptors (Lipinski definition) is 4. The average molecular weight is 317 g/mol. The molecule has 118 valence electrons. The molecule has 0 bridgehead atoms. The Labute approximate surface area is 115 Å². The summed E-state index contributed by atoms with van der Waals surface area (Å²) in [6, 6.07) is 0. The van der Waals surface area contributed by atoms with Crippen LogP contribution in [0.3, 0.4) is 0 Å². The summed E-state index contributed by atoms with van der Waals surface area (Å²) in [5.41, 5.74) is -2.38. The number of hydrogen-bond donors (Lipinski definition) is 3. The number of carbonyl (C=O) groups is 1. The summed E-state index contributed by atoms with van der Waals surface area (Å²) in [4.78, 5) is 11.8. The molecule has 0 aromatic rings. The second kappa shape index (κ2) is 6.27. The van der Waals surface area contributed by atoms with Crippen LogP contribution in [0.2, 0.25) is 0 Å². The van der Waals surface area contributed by atoms with E-state index < -0.39 is 34.1 Å². The number of sulfonamides is 1. The molecule has 1 atom stereocenters. The predicted molar refractivity (Wildman–Crippen MR) is 66.4 cm³/mol. The quantitative estimate of drug-likeness (QED) is 0.581. The van der Waals surface area contributed by atoms with Crippen molar-refractivity contribution in [3.63, 3.8) is 0 Å². The van der Waals surface area contributed by atoms with Gasteiger partial charge in [-0.15, -0.1) is 0 Å². The van der Waals surface area contributed by atoms with E-state index in [0.717, 1.165) is 6.26 Å². The van der Waals surface area contributed by atoms with Crippen LogP contribution in [-0.2, 0) is 14.8 Å². The summed E-state index contributed by atoms with van der Waals surface area (Å²) in [7, 11) is -3.33. The van der Waals surface area contributed by atoms with Gasteiger partial charge in [-0.25, -0.2) is 13.1 Å². The molecule has 3 N–H and O–H groups in total. The summed E-state index contributed by atoms with van der Waals surface area (Å²) in [5, 5.41) is 4.77. The molecule has 1 fully saturated rings. The lowest BCUT2D eigenvalue weighted by molar-refractivity contribution is -0.216. The highest BCUT2D eigenvalue weighted by atomic mass is 32.2. The molecule has 20 heavy (non-hydrogen) atoms.